The molecular weight excluding hydrogens is 467 g/mol. The molecule has 8 nitrogen and oxygen atoms in total. The Bertz CT molecular complexity index is 952. The first-order chi connectivity index (χ1) is 15.4. The number of aromatic carboxylic acids is 2. The van der Waals surface area contributed by atoms with Gasteiger partial charge in [-0.3, -0.25) is 0 Å². The number of carbonyl (C=O) groups is 2. The largest absolute Gasteiger partial charge is 2.00 e. The Morgan fingerprint density at radius 1 is 0.545 bits per heavy atom. The van der Waals surface area contributed by atoms with Crippen molar-refractivity contribution in [3.63, 3.8) is 0 Å². The summed E-state index contributed by atoms with van der Waals surface area (Å²) in [6.07, 6.45) is 3.32. The number of hydrogen-bond acceptors (Lipinski definition) is 8. The Hall–Kier alpha value is -4.23. The second kappa shape index (κ2) is 17.5. The minimum absolute atomic E-state index is 0. The van der Waals surface area contributed by atoms with Crippen LogP contribution in [0, 0.1) is 0 Å². The fourth-order valence-corrected chi connectivity index (χ4v) is 1.90. The van der Waals surface area contributed by atoms with Crippen molar-refractivity contribution in [1.82, 2.24) is 9.97 Å². The molecule has 0 saturated heterocycles. The molecule has 0 radical (unpaired) electrons. The van der Waals surface area contributed by atoms with E-state index < -0.39 is 11.9 Å². The molecule has 4 aromatic rings. The van der Waals surface area contributed by atoms with E-state index in [2.05, 4.69) is 9.97 Å². The Balaban J connectivity index is 0.000000412. The zero-order valence-corrected chi connectivity index (χ0v) is 18.4. The number of carboxylic acids is 2. The molecule has 0 unspecified atom stereocenters. The average molecular weight is 489 g/mol. The second-order valence-corrected chi connectivity index (χ2v) is 5.82. The predicted octanol–water partition coefficient (Wildman–Crippen LogP) is 1.43. The fourth-order valence-electron chi connectivity index (χ4n) is 1.90. The summed E-state index contributed by atoms with van der Waals surface area (Å²) in [6.45, 7) is 0. The first-order valence-corrected chi connectivity index (χ1v) is 9.26. The van der Waals surface area contributed by atoms with Gasteiger partial charge in [0.1, 0.15) is 11.6 Å². The molecule has 4 rings (SSSR count). The van der Waals surface area contributed by atoms with Crippen molar-refractivity contribution in [2.45, 2.75) is 0 Å². The summed E-state index contributed by atoms with van der Waals surface area (Å²) >= 11 is 0. The molecule has 0 atom stereocenters. The number of hydrogen-bond donors (Lipinski definition) is 2. The van der Waals surface area contributed by atoms with Crippen molar-refractivity contribution >= 4 is 23.6 Å². The molecule has 4 N–H and O–H groups in total. The van der Waals surface area contributed by atoms with Gasteiger partial charge in [-0.05, 0) is 35.4 Å². The number of anilines is 2. The average Bonchev–Trinajstić information content (AvgIpc) is 2.82. The molecule has 0 amide bonds. The molecule has 2 aromatic carbocycles. The van der Waals surface area contributed by atoms with Gasteiger partial charge in [0.05, 0.1) is 11.9 Å². The van der Waals surface area contributed by atoms with Crippen LogP contribution in [-0.4, -0.2) is 21.9 Å². The second-order valence-electron chi connectivity index (χ2n) is 5.82. The van der Waals surface area contributed by atoms with E-state index in [1.54, 1.807) is 60.9 Å². The van der Waals surface area contributed by atoms with Crippen molar-refractivity contribution in [1.29, 1.82) is 0 Å². The summed E-state index contributed by atoms with van der Waals surface area (Å²) in [7, 11) is 0. The minimum atomic E-state index is -1.13. The molecule has 172 valence electrons. The number of aromatic nitrogens is 2. The van der Waals surface area contributed by atoms with E-state index in [0.717, 1.165) is 0 Å². The maximum Gasteiger partial charge on any atom is 2.00 e. The maximum atomic E-state index is 10.1. The Labute approximate surface area is 201 Å². The van der Waals surface area contributed by atoms with Crippen LogP contribution in [0.5, 0.6) is 0 Å². The molecule has 2 aromatic heterocycles. The van der Waals surface area contributed by atoms with E-state index >= 15 is 0 Å². The van der Waals surface area contributed by atoms with Crippen LogP contribution in [0.4, 0.5) is 11.6 Å². The van der Waals surface area contributed by atoms with Crippen LogP contribution in [0.2, 0.25) is 0 Å². The number of benzene rings is 2. The molecule has 9 heteroatoms. The van der Waals surface area contributed by atoms with E-state index in [1.807, 2.05) is 24.3 Å². The summed E-state index contributed by atoms with van der Waals surface area (Å²) in [5.74, 6) is -1.11. The quantitative estimate of drug-likeness (QED) is 0.401. The SMILES string of the molecule is Nc1ccccn1.Nc1ccccn1.O=C([O-])c1ccccc1.O=C([O-])c1ccccc1.[Ni+2]. The van der Waals surface area contributed by atoms with Gasteiger partial charge in [0.2, 0.25) is 0 Å². The molecule has 0 aliphatic rings. The van der Waals surface area contributed by atoms with Crippen LogP contribution >= 0.6 is 0 Å². The third-order valence-corrected chi connectivity index (χ3v) is 3.39. The molecular formula is C24H22N4NiO4. The van der Waals surface area contributed by atoms with Crippen LogP contribution in [0.15, 0.2) is 109 Å². The Morgan fingerprint density at radius 3 is 1.00 bits per heavy atom. The van der Waals surface area contributed by atoms with E-state index in [-0.39, 0.29) is 27.6 Å². The van der Waals surface area contributed by atoms with Gasteiger partial charge in [0.15, 0.2) is 0 Å². The Kier molecular flexibility index (Phi) is 15.2. The van der Waals surface area contributed by atoms with Crippen LogP contribution < -0.4 is 21.7 Å². The number of nitrogens with zero attached hydrogens (tertiary/aromatic N) is 2. The summed E-state index contributed by atoms with van der Waals surface area (Å²) < 4.78 is 0. The van der Waals surface area contributed by atoms with E-state index in [9.17, 15) is 19.8 Å². The predicted molar refractivity (Wildman–Crippen MR) is 119 cm³/mol. The van der Waals surface area contributed by atoms with Crippen molar-refractivity contribution in [3.05, 3.63) is 121 Å². The van der Waals surface area contributed by atoms with Gasteiger partial charge in [0, 0.05) is 12.4 Å². The monoisotopic (exact) mass is 488 g/mol. The zero-order chi connectivity index (χ0) is 23.6. The number of rotatable bonds is 2. The summed E-state index contributed by atoms with van der Waals surface area (Å²) in [5.41, 5.74) is 10.9. The number of nitrogens with two attached hydrogens (primary N) is 2. The van der Waals surface area contributed by atoms with Crippen LogP contribution in [0.3, 0.4) is 0 Å². The van der Waals surface area contributed by atoms with Gasteiger partial charge >= 0.3 is 16.5 Å². The Morgan fingerprint density at radius 2 is 0.848 bits per heavy atom. The molecule has 0 bridgehead atoms. The van der Waals surface area contributed by atoms with Crippen LogP contribution in [0.1, 0.15) is 20.7 Å². The van der Waals surface area contributed by atoms with Gasteiger partial charge in [0.25, 0.3) is 0 Å². The first-order valence-electron chi connectivity index (χ1n) is 9.26. The first kappa shape index (κ1) is 28.8. The van der Waals surface area contributed by atoms with Crippen molar-refractivity contribution < 1.29 is 36.3 Å². The third-order valence-electron chi connectivity index (χ3n) is 3.39. The van der Waals surface area contributed by atoms with E-state index in [4.69, 9.17) is 11.5 Å². The maximum absolute atomic E-state index is 10.1. The standard InChI is InChI=1S/2C7H6O2.2C5H6N2.Ni/c2*8-7(9)6-4-2-1-3-5-6;2*6-5-3-1-2-4-7-5;/h2*1-5H,(H,8,9);2*1-4H,(H2,6,7);/q;;;;+2/p-2. The van der Waals surface area contributed by atoms with Gasteiger partial charge in [-0.2, -0.15) is 0 Å². The topological polar surface area (TPSA) is 158 Å². The van der Waals surface area contributed by atoms with Crippen LogP contribution in [0.25, 0.3) is 0 Å². The molecule has 0 aliphatic heterocycles. The minimum Gasteiger partial charge on any atom is -0.545 e. The summed E-state index contributed by atoms with van der Waals surface area (Å²) in [5, 5.41) is 20.2. The van der Waals surface area contributed by atoms with Crippen molar-refractivity contribution in [2.75, 3.05) is 11.5 Å². The van der Waals surface area contributed by atoms with Gasteiger partial charge in [-0.15, -0.1) is 0 Å². The van der Waals surface area contributed by atoms with Gasteiger partial charge in [-0.25, -0.2) is 9.97 Å². The normalized spacial score (nSPS) is 8.48. The zero-order valence-electron chi connectivity index (χ0n) is 17.4. The number of carboxylic acid groups (broad SMARTS) is 2. The smallest absolute Gasteiger partial charge is 0.545 e. The number of pyridine rings is 2. The molecule has 33 heavy (non-hydrogen) atoms. The fraction of sp³-hybridized carbons (Fsp3) is 0. The summed E-state index contributed by atoms with van der Waals surface area (Å²) in [4.78, 5) is 27.7. The number of nitrogen functional groups attached to an aromatic ring is 2. The van der Waals surface area contributed by atoms with E-state index in [0.29, 0.717) is 11.6 Å². The van der Waals surface area contributed by atoms with E-state index in [1.165, 1.54) is 24.3 Å². The summed E-state index contributed by atoms with van der Waals surface area (Å²) in [6, 6.07) is 27.0. The third kappa shape index (κ3) is 14.4. The molecule has 0 saturated carbocycles. The molecule has 2 heterocycles. The molecule has 0 aliphatic carbocycles. The van der Waals surface area contributed by atoms with Crippen LogP contribution in [-0.2, 0) is 16.5 Å². The van der Waals surface area contributed by atoms with Crippen molar-refractivity contribution in [3.8, 4) is 0 Å². The number of carbonyl (C=O) groups excluding carboxylic acids is 2. The van der Waals surface area contributed by atoms with Crippen molar-refractivity contribution in [2.24, 2.45) is 0 Å². The molecule has 0 spiro atoms. The van der Waals surface area contributed by atoms with Gasteiger partial charge < -0.3 is 31.3 Å². The van der Waals surface area contributed by atoms with Gasteiger partial charge in [-0.1, -0.05) is 72.8 Å². The molecule has 0 fully saturated rings.